The van der Waals surface area contributed by atoms with Gasteiger partial charge in [0.25, 0.3) is 5.69 Å². The van der Waals surface area contributed by atoms with Crippen molar-refractivity contribution in [1.82, 2.24) is 5.32 Å². The smallest absolute Gasteiger partial charge is 0.279 e. The van der Waals surface area contributed by atoms with E-state index >= 15 is 0 Å². The Balaban J connectivity index is 1.58. The molecule has 0 bridgehead atoms. The molecule has 1 atom stereocenters. The van der Waals surface area contributed by atoms with Crippen molar-refractivity contribution in [2.24, 2.45) is 0 Å². The van der Waals surface area contributed by atoms with Crippen LogP contribution in [0.5, 0.6) is 11.5 Å². The molecule has 0 unspecified atom stereocenters. The third-order valence-electron chi connectivity index (χ3n) is 6.45. The highest BCUT2D eigenvalue weighted by molar-refractivity contribution is 5.89. The summed E-state index contributed by atoms with van der Waals surface area (Å²) >= 11 is 0. The van der Waals surface area contributed by atoms with Gasteiger partial charge in [0.15, 0.2) is 11.5 Å². The van der Waals surface area contributed by atoms with Crippen LogP contribution in [0.1, 0.15) is 49.3 Å². The first-order valence-corrected chi connectivity index (χ1v) is 10.8. The van der Waals surface area contributed by atoms with Crippen molar-refractivity contribution in [1.29, 1.82) is 0 Å². The quantitative estimate of drug-likeness (QED) is 0.579. The number of hydrogen-bond donors (Lipinski definition) is 1. The summed E-state index contributed by atoms with van der Waals surface area (Å²) in [5, 5.41) is 15.1. The number of nitro groups is 1. The molecule has 1 amide bonds. The number of ether oxygens (including phenoxy) is 2. The van der Waals surface area contributed by atoms with Crippen LogP contribution in [-0.4, -0.2) is 30.2 Å². The van der Waals surface area contributed by atoms with Gasteiger partial charge in [-0.15, -0.1) is 0 Å². The number of nitro benzene ring substituents is 1. The molecule has 0 spiro atoms. The van der Waals surface area contributed by atoms with E-state index in [1.54, 1.807) is 6.07 Å². The maximum absolute atomic E-state index is 13.6. The molecule has 0 saturated heterocycles. The lowest BCUT2D eigenvalue weighted by Gasteiger charge is -2.32. The molecule has 31 heavy (non-hydrogen) atoms. The minimum Gasteiger partial charge on any atom is -0.454 e. The zero-order valence-electron chi connectivity index (χ0n) is 17.2. The average Bonchev–Trinajstić information content (AvgIpc) is 3.41. The molecule has 2 aliphatic heterocycles. The van der Waals surface area contributed by atoms with Gasteiger partial charge in [0.2, 0.25) is 12.7 Å². The van der Waals surface area contributed by atoms with Crippen molar-refractivity contribution in [3.05, 3.63) is 57.6 Å². The van der Waals surface area contributed by atoms with Crippen LogP contribution in [0.2, 0.25) is 0 Å². The summed E-state index contributed by atoms with van der Waals surface area (Å²) in [5.41, 5.74) is 2.29. The zero-order valence-corrected chi connectivity index (χ0v) is 17.2. The molecule has 162 valence electrons. The molecule has 0 radical (unpaired) electrons. The topological polar surface area (TPSA) is 93.9 Å². The van der Waals surface area contributed by atoms with E-state index in [0.29, 0.717) is 23.6 Å². The number of anilines is 1. The number of fused-ring (bicyclic) bond motifs is 2. The summed E-state index contributed by atoms with van der Waals surface area (Å²) < 4.78 is 10.8. The van der Waals surface area contributed by atoms with Crippen molar-refractivity contribution >= 4 is 17.3 Å². The van der Waals surface area contributed by atoms with E-state index in [4.69, 9.17) is 9.47 Å². The van der Waals surface area contributed by atoms with Crippen LogP contribution in [0.3, 0.4) is 0 Å². The number of para-hydroxylation sites is 1. The molecule has 1 aliphatic carbocycles. The van der Waals surface area contributed by atoms with Crippen molar-refractivity contribution in [3.8, 4) is 11.5 Å². The maximum Gasteiger partial charge on any atom is 0.279 e. The van der Waals surface area contributed by atoms with Crippen LogP contribution in [-0.2, 0) is 11.2 Å². The average molecular weight is 423 g/mol. The molecule has 2 aromatic carbocycles. The van der Waals surface area contributed by atoms with Gasteiger partial charge in [-0.05, 0) is 37.0 Å². The molecule has 1 fully saturated rings. The summed E-state index contributed by atoms with van der Waals surface area (Å²) in [7, 11) is 0. The van der Waals surface area contributed by atoms with E-state index in [-0.39, 0.29) is 24.4 Å². The Morgan fingerprint density at radius 3 is 2.65 bits per heavy atom. The molecule has 3 aliphatic rings. The van der Waals surface area contributed by atoms with E-state index in [0.717, 1.165) is 43.4 Å². The summed E-state index contributed by atoms with van der Waals surface area (Å²) in [6.07, 6.45) is 6.04. The highest BCUT2D eigenvalue weighted by Gasteiger charge is 2.39. The van der Waals surface area contributed by atoms with Gasteiger partial charge in [0.05, 0.1) is 16.6 Å². The van der Waals surface area contributed by atoms with E-state index < -0.39 is 11.0 Å². The first kappa shape index (κ1) is 19.7. The second-order valence-corrected chi connectivity index (χ2v) is 8.34. The SMILES string of the molecule is O=C(NC1CCCCC1)[C@H](c1cc2c(cc1[N+](=O)[O-])OCO2)N1CCc2ccccc21. The Kier molecular flexibility index (Phi) is 5.13. The van der Waals surface area contributed by atoms with Crippen LogP contribution in [0.15, 0.2) is 36.4 Å². The number of nitrogens with zero attached hydrogens (tertiary/aromatic N) is 2. The number of benzene rings is 2. The van der Waals surface area contributed by atoms with Gasteiger partial charge in [-0.2, -0.15) is 0 Å². The Bertz CT molecular complexity index is 1020. The normalized spacial score (nSPS) is 18.5. The standard InChI is InChI=1S/C23H25N3O5/c27-23(24-16-7-2-1-3-8-16)22(25-11-10-15-6-4-5-9-18(15)25)17-12-20-21(31-14-30-20)13-19(17)26(28)29/h4-6,9,12-13,16,22H,1-3,7-8,10-11,14H2,(H,24,27)/t22-/m0/s1. The fraction of sp³-hybridized carbons (Fsp3) is 0.435. The number of rotatable bonds is 5. The third-order valence-corrected chi connectivity index (χ3v) is 6.45. The van der Waals surface area contributed by atoms with Gasteiger partial charge in [0.1, 0.15) is 6.04 Å². The summed E-state index contributed by atoms with van der Waals surface area (Å²) in [4.78, 5) is 27.1. The number of amides is 1. The fourth-order valence-corrected chi connectivity index (χ4v) is 4.93. The van der Waals surface area contributed by atoms with Crippen molar-refractivity contribution in [2.45, 2.75) is 50.6 Å². The van der Waals surface area contributed by atoms with Gasteiger partial charge in [-0.3, -0.25) is 14.9 Å². The Hall–Kier alpha value is -3.29. The third kappa shape index (κ3) is 3.66. The number of carbonyl (C=O) groups is 1. The Morgan fingerprint density at radius 2 is 1.87 bits per heavy atom. The molecular weight excluding hydrogens is 398 g/mol. The van der Waals surface area contributed by atoms with Gasteiger partial charge in [-0.1, -0.05) is 37.5 Å². The van der Waals surface area contributed by atoms with Gasteiger partial charge < -0.3 is 19.7 Å². The first-order valence-electron chi connectivity index (χ1n) is 10.8. The lowest BCUT2D eigenvalue weighted by Crippen LogP contribution is -2.45. The van der Waals surface area contributed by atoms with Crippen LogP contribution in [0.4, 0.5) is 11.4 Å². The lowest BCUT2D eigenvalue weighted by atomic mass is 9.94. The second kappa shape index (κ2) is 8.09. The van der Waals surface area contributed by atoms with Crippen molar-refractivity contribution < 1.29 is 19.2 Å². The fourth-order valence-electron chi connectivity index (χ4n) is 4.93. The number of hydrogen-bond acceptors (Lipinski definition) is 6. The molecule has 8 heteroatoms. The zero-order chi connectivity index (χ0) is 21.4. The van der Waals surface area contributed by atoms with Crippen LogP contribution < -0.4 is 19.7 Å². The van der Waals surface area contributed by atoms with Crippen LogP contribution in [0.25, 0.3) is 0 Å². The maximum atomic E-state index is 13.6. The van der Waals surface area contributed by atoms with Crippen molar-refractivity contribution in [2.75, 3.05) is 18.2 Å². The second-order valence-electron chi connectivity index (χ2n) is 8.34. The highest BCUT2D eigenvalue weighted by atomic mass is 16.7. The van der Waals surface area contributed by atoms with Crippen LogP contribution >= 0.6 is 0 Å². The van der Waals surface area contributed by atoms with E-state index in [2.05, 4.69) is 5.32 Å². The number of nitrogens with one attached hydrogen (secondary N) is 1. The van der Waals surface area contributed by atoms with E-state index in [9.17, 15) is 14.9 Å². The Morgan fingerprint density at radius 1 is 1.13 bits per heavy atom. The predicted molar refractivity (Wildman–Crippen MR) is 114 cm³/mol. The molecule has 0 aromatic heterocycles. The summed E-state index contributed by atoms with van der Waals surface area (Å²) in [6, 6.07) is 10.2. The predicted octanol–water partition coefficient (Wildman–Crippen LogP) is 3.88. The molecule has 5 rings (SSSR count). The minimum absolute atomic E-state index is 0.0153. The van der Waals surface area contributed by atoms with Crippen LogP contribution in [0, 0.1) is 10.1 Å². The summed E-state index contributed by atoms with van der Waals surface area (Å²) in [6.45, 7) is 0.634. The number of carbonyl (C=O) groups excluding carboxylic acids is 1. The summed E-state index contributed by atoms with van der Waals surface area (Å²) in [5.74, 6) is 0.567. The largest absolute Gasteiger partial charge is 0.454 e. The highest BCUT2D eigenvalue weighted by Crippen LogP contribution is 2.44. The molecule has 1 N–H and O–H groups in total. The first-order chi connectivity index (χ1) is 15.1. The lowest BCUT2D eigenvalue weighted by molar-refractivity contribution is -0.385. The molecule has 1 saturated carbocycles. The van der Waals surface area contributed by atoms with Gasteiger partial charge in [0, 0.05) is 18.3 Å². The molecular formula is C23H25N3O5. The minimum atomic E-state index is -0.819. The molecule has 8 nitrogen and oxygen atoms in total. The van der Waals surface area contributed by atoms with Gasteiger partial charge in [-0.25, -0.2) is 0 Å². The van der Waals surface area contributed by atoms with Crippen molar-refractivity contribution in [3.63, 3.8) is 0 Å². The molecule has 2 heterocycles. The van der Waals surface area contributed by atoms with Gasteiger partial charge >= 0.3 is 0 Å². The Labute approximate surface area is 180 Å². The van der Waals surface area contributed by atoms with E-state index in [1.807, 2.05) is 29.2 Å². The van der Waals surface area contributed by atoms with E-state index in [1.165, 1.54) is 12.5 Å². The molecule has 2 aromatic rings. The monoisotopic (exact) mass is 423 g/mol.